The molecule has 2 aromatic rings. The second-order valence-corrected chi connectivity index (χ2v) is 7.74. The van der Waals surface area contributed by atoms with Gasteiger partial charge in [0.2, 0.25) is 0 Å². The molecule has 0 amide bonds. The molecule has 0 aliphatic heterocycles. The summed E-state index contributed by atoms with van der Waals surface area (Å²) < 4.78 is 0. The molecule has 0 saturated heterocycles. The van der Waals surface area contributed by atoms with Gasteiger partial charge in [-0.3, -0.25) is 0 Å². The predicted octanol–water partition coefficient (Wildman–Crippen LogP) is 7.30. The zero-order valence-corrected chi connectivity index (χ0v) is 25.3. The predicted molar refractivity (Wildman–Crippen MR) is 141 cm³/mol. The number of halogens is 2. The van der Waals surface area contributed by atoms with Crippen LogP contribution >= 0.6 is 24.8 Å². The quantitative estimate of drug-likeness (QED) is 0.279. The first kappa shape index (κ1) is 35.0. The molecule has 30 heavy (non-hydrogen) atoms. The van der Waals surface area contributed by atoms with Crippen molar-refractivity contribution >= 4 is 31.7 Å². The Hall–Kier alpha value is 0.380. The van der Waals surface area contributed by atoms with E-state index in [1.807, 2.05) is 6.88 Å². The van der Waals surface area contributed by atoms with Crippen molar-refractivity contribution in [2.24, 2.45) is 0 Å². The van der Waals surface area contributed by atoms with Crippen LogP contribution in [0.2, 0.25) is 0 Å². The van der Waals surface area contributed by atoms with Crippen LogP contribution in [0.5, 0.6) is 0 Å². The van der Waals surface area contributed by atoms with Gasteiger partial charge < -0.3 is 14.9 Å². The first-order valence-corrected chi connectivity index (χ1v) is 16.6. The maximum absolute atomic E-state index is 2.43. The number of rotatable bonds is 4. The van der Waals surface area contributed by atoms with Gasteiger partial charge in [-0.05, 0) is 0 Å². The molecule has 2 aliphatic rings. The van der Waals surface area contributed by atoms with Gasteiger partial charge in [0.25, 0.3) is 0 Å². The van der Waals surface area contributed by atoms with E-state index in [2.05, 4.69) is 38.1 Å². The van der Waals surface area contributed by atoms with Crippen LogP contribution in [-0.4, -0.2) is 6.88 Å². The molecule has 0 nitrogen and oxygen atoms in total. The summed E-state index contributed by atoms with van der Waals surface area (Å²) in [5, 5.41) is 0. The average molecular weight is 547 g/mol. The van der Waals surface area contributed by atoms with Gasteiger partial charge in [-0.15, -0.1) is 24.8 Å². The van der Waals surface area contributed by atoms with E-state index in [-0.39, 0.29) is 39.7 Å². The Bertz CT molecular complexity index is 557. The fourth-order valence-corrected chi connectivity index (χ4v) is 4.41. The summed E-state index contributed by atoms with van der Waals surface area (Å²) in [5.41, 5.74) is 9.72. The summed E-state index contributed by atoms with van der Waals surface area (Å²) in [4.78, 5) is 0. The van der Waals surface area contributed by atoms with Gasteiger partial charge in [-0.25, -0.2) is 12.1 Å². The third-order valence-corrected chi connectivity index (χ3v) is 5.63. The summed E-state index contributed by atoms with van der Waals surface area (Å²) in [7, 11) is 0. The van der Waals surface area contributed by atoms with Crippen LogP contribution in [-0.2, 0) is 61.9 Å². The molecule has 2 aliphatic carbocycles. The monoisotopic (exact) mass is 544 g/mol. The Morgan fingerprint density at radius 1 is 0.700 bits per heavy atom. The third kappa shape index (κ3) is 10.8. The van der Waals surface area contributed by atoms with Gasteiger partial charge in [0, 0.05) is 0 Å². The Kier molecular flexibility index (Phi) is 23.3. The van der Waals surface area contributed by atoms with Crippen LogP contribution in [0.4, 0.5) is 0 Å². The number of hydrogen-bond donors (Lipinski definition) is 0. The van der Waals surface area contributed by atoms with E-state index < -0.39 is 0 Å². The van der Waals surface area contributed by atoms with E-state index in [0.29, 0.717) is 0 Å². The van der Waals surface area contributed by atoms with Crippen LogP contribution in [0.25, 0.3) is 0 Å². The fourth-order valence-electron chi connectivity index (χ4n) is 4.41. The van der Waals surface area contributed by atoms with E-state index in [0.717, 1.165) is 0 Å². The second-order valence-electron chi connectivity index (χ2n) is 7.74. The SMILES string of the molecule is CCCc1cc2c([cH-]1)CCCC2.CCCc1cc2c([cH-]1)CCCC2.Cl.Cl.[CH3-].[CH3-].[SiH2]=[Zr]. The van der Waals surface area contributed by atoms with Crippen molar-refractivity contribution in [3.8, 4) is 0 Å². The minimum absolute atomic E-state index is 0. The maximum atomic E-state index is 2.43. The van der Waals surface area contributed by atoms with Crippen molar-refractivity contribution in [1.29, 1.82) is 0 Å². The second kappa shape index (κ2) is 20.0. The van der Waals surface area contributed by atoms with Crippen molar-refractivity contribution < 1.29 is 23.3 Å². The Balaban J connectivity index is -0.000000400. The molecule has 0 saturated carbocycles. The molecular weight excluding hydrogens is 503 g/mol. The summed E-state index contributed by atoms with van der Waals surface area (Å²) in [6.07, 6.45) is 16.1. The number of fused-ring (bicyclic) bond motifs is 2. The molecule has 0 atom stereocenters. The summed E-state index contributed by atoms with van der Waals surface area (Å²) in [5.74, 6) is 0. The van der Waals surface area contributed by atoms with Crippen LogP contribution in [0.3, 0.4) is 0 Å². The molecule has 174 valence electrons. The number of aryl methyl sites for hydroxylation is 6. The normalized spacial score (nSPS) is 13.0. The molecule has 4 rings (SSSR count). The van der Waals surface area contributed by atoms with Gasteiger partial charge in [0.15, 0.2) is 0 Å². The van der Waals surface area contributed by atoms with Crippen LogP contribution in [0.1, 0.15) is 85.8 Å². The van der Waals surface area contributed by atoms with E-state index in [1.165, 1.54) is 77.0 Å². The van der Waals surface area contributed by atoms with Crippen molar-refractivity contribution in [2.75, 3.05) is 0 Å². The summed E-state index contributed by atoms with van der Waals surface area (Å²) >= 11 is 1.58. The molecular formula is C26H44Cl2SiZr-4. The molecule has 0 aromatic heterocycles. The molecule has 0 unspecified atom stereocenters. The van der Waals surface area contributed by atoms with Gasteiger partial charge in [-0.2, -0.15) is 45.5 Å². The van der Waals surface area contributed by atoms with Crippen molar-refractivity contribution in [2.45, 2.75) is 90.9 Å². The van der Waals surface area contributed by atoms with E-state index >= 15 is 0 Å². The van der Waals surface area contributed by atoms with Crippen molar-refractivity contribution in [3.63, 3.8) is 0 Å². The van der Waals surface area contributed by atoms with Gasteiger partial charge in [-0.1, -0.05) is 90.9 Å². The third-order valence-electron chi connectivity index (χ3n) is 5.63. The van der Waals surface area contributed by atoms with Crippen LogP contribution in [0, 0.1) is 14.9 Å². The summed E-state index contributed by atoms with van der Waals surface area (Å²) in [6, 6.07) is 9.71. The van der Waals surface area contributed by atoms with Crippen molar-refractivity contribution in [1.82, 2.24) is 0 Å². The molecule has 0 radical (unpaired) electrons. The average Bonchev–Trinajstić information content (AvgIpc) is 3.27. The molecule has 0 bridgehead atoms. The fraction of sp³-hybridized carbons (Fsp3) is 0.538. The Labute approximate surface area is 217 Å². The molecule has 0 fully saturated rings. The van der Waals surface area contributed by atoms with Gasteiger partial charge in [0.1, 0.15) is 0 Å². The van der Waals surface area contributed by atoms with E-state index in [1.54, 1.807) is 56.7 Å². The van der Waals surface area contributed by atoms with E-state index in [9.17, 15) is 0 Å². The van der Waals surface area contributed by atoms with Crippen LogP contribution in [0.15, 0.2) is 24.3 Å². The van der Waals surface area contributed by atoms with E-state index in [4.69, 9.17) is 0 Å². The standard InChI is InChI=1S/2C12H17.2CH3.2ClH.H2Si.Zr/c2*1-2-5-10-8-11-6-3-4-7-12(11)9-10;;;;;;/h2*8-9H,2-7H2,1H3;2*1H3;2*1H;1H2;/q4*-1;;;;. The zero-order valence-electron chi connectivity index (χ0n) is 19.8. The number of hydrogen-bond acceptors (Lipinski definition) is 0. The first-order chi connectivity index (χ1) is 12.8. The topological polar surface area (TPSA) is 0 Å². The molecule has 0 spiro atoms. The van der Waals surface area contributed by atoms with Crippen LogP contribution < -0.4 is 0 Å². The molecule has 0 N–H and O–H groups in total. The molecule has 0 heterocycles. The zero-order chi connectivity index (χ0) is 18.8. The molecule has 2 aromatic carbocycles. The van der Waals surface area contributed by atoms with Gasteiger partial charge in [0.05, 0.1) is 0 Å². The minimum atomic E-state index is 0. The Morgan fingerprint density at radius 3 is 1.33 bits per heavy atom. The molecule has 4 heteroatoms. The van der Waals surface area contributed by atoms with Crippen molar-refractivity contribution in [3.05, 3.63) is 72.5 Å². The van der Waals surface area contributed by atoms with Gasteiger partial charge >= 0.3 is 30.2 Å². The summed E-state index contributed by atoms with van der Waals surface area (Å²) in [6.45, 7) is 6.46. The Morgan fingerprint density at radius 2 is 1.03 bits per heavy atom. The first-order valence-electron chi connectivity index (χ1n) is 10.7.